The lowest BCUT2D eigenvalue weighted by Gasteiger charge is -2.37. The Bertz CT molecular complexity index is 662. The van der Waals surface area contributed by atoms with E-state index in [2.05, 4.69) is 4.98 Å². The number of carbonyl (C=O) groups excluding carboxylic acids is 1. The van der Waals surface area contributed by atoms with Gasteiger partial charge in [-0.25, -0.2) is 12.7 Å². The van der Waals surface area contributed by atoms with Gasteiger partial charge in [0.1, 0.15) is 0 Å². The summed E-state index contributed by atoms with van der Waals surface area (Å²) in [6.07, 6.45) is 6.96. The topological polar surface area (TPSA) is 70.6 Å². The zero-order valence-corrected chi connectivity index (χ0v) is 13.6. The molecule has 0 unspecified atom stereocenters. The monoisotopic (exact) mass is 323 g/mol. The second-order valence-corrected chi connectivity index (χ2v) is 8.30. The Hall–Kier alpha value is -1.47. The van der Waals surface area contributed by atoms with Crippen LogP contribution in [0.5, 0.6) is 0 Å². The minimum atomic E-state index is -3.24. The van der Waals surface area contributed by atoms with E-state index in [9.17, 15) is 13.2 Å². The van der Waals surface area contributed by atoms with E-state index in [1.54, 1.807) is 12.4 Å². The van der Waals surface area contributed by atoms with E-state index < -0.39 is 15.4 Å². The highest BCUT2D eigenvalue weighted by Gasteiger charge is 2.50. The number of hydrogen-bond donors (Lipinski definition) is 0. The first-order valence-electron chi connectivity index (χ1n) is 7.54. The van der Waals surface area contributed by atoms with Gasteiger partial charge in [-0.15, -0.1) is 0 Å². The van der Waals surface area contributed by atoms with E-state index in [-0.39, 0.29) is 5.91 Å². The molecule has 7 heteroatoms. The van der Waals surface area contributed by atoms with Gasteiger partial charge >= 0.3 is 0 Å². The third kappa shape index (κ3) is 2.87. The summed E-state index contributed by atoms with van der Waals surface area (Å²) in [5, 5.41) is 0. The fourth-order valence-electron chi connectivity index (χ4n) is 3.51. The molecule has 0 aromatic carbocycles. The molecule has 0 bridgehead atoms. The highest BCUT2D eigenvalue weighted by molar-refractivity contribution is 7.88. The SMILES string of the molecule is CS(=O)(=O)N1CCC[C@]2(CCN(Cc3cccnc3)C2=O)C1. The molecular weight excluding hydrogens is 302 g/mol. The van der Waals surface area contributed by atoms with Crippen molar-refractivity contribution >= 4 is 15.9 Å². The van der Waals surface area contributed by atoms with E-state index >= 15 is 0 Å². The molecule has 0 N–H and O–H groups in total. The molecule has 120 valence electrons. The van der Waals surface area contributed by atoms with Crippen LogP contribution < -0.4 is 0 Å². The van der Waals surface area contributed by atoms with Crippen molar-refractivity contribution in [2.45, 2.75) is 25.8 Å². The molecule has 22 heavy (non-hydrogen) atoms. The van der Waals surface area contributed by atoms with Gasteiger partial charge in [0, 0.05) is 38.6 Å². The van der Waals surface area contributed by atoms with Gasteiger partial charge < -0.3 is 4.90 Å². The van der Waals surface area contributed by atoms with E-state index in [0.29, 0.717) is 26.2 Å². The van der Waals surface area contributed by atoms with Gasteiger partial charge in [-0.2, -0.15) is 0 Å². The summed E-state index contributed by atoms with van der Waals surface area (Å²) in [5.74, 6) is 0.0877. The molecular formula is C15H21N3O3S. The normalized spacial score (nSPS) is 26.8. The van der Waals surface area contributed by atoms with Crippen LogP contribution in [0.3, 0.4) is 0 Å². The number of piperidine rings is 1. The number of rotatable bonds is 3. The molecule has 1 spiro atoms. The minimum Gasteiger partial charge on any atom is -0.338 e. The zero-order chi connectivity index (χ0) is 15.8. The van der Waals surface area contributed by atoms with Crippen LogP contribution in [0.4, 0.5) is 0 Å². The average Bonchev–Trinajstić information content (AvgIpc) is 2.77. The molecule has 1 atom stereocenters. The summed E-state index contributed by atoms with van der Waals surface area (Å²) >= 11 is 0. The van der Waals surface area contributed by atoms with Crippen LogP contribution in [0.1, 0.15) is 24.8 Å². The number of amides is 1. The van der Waals surface area contributed by atoms with Crippen LogP contribution in [0.2, 0.25) is 0 Å². The maximum atomic E-state index is 12.8. The lowest BCUT2D eigenvalue weighted by Crippen LogP contribution is -2.49. The van der Waals surface area contributed by atoms with Gasteiger partial charge in [0.05, 0.1) is 11.7 Å². The van der Waals surface area contributed by atoms with Crippen molar-refractivity contribution in [2.24, 2.45) is 5.41 Å². The van der Waals surface area contributed by atoms with Gasteiger partial charge in [0.25, 0.3) is 0 Å². The summed E-state index contributed by atoms with van der Waals surface area (Å²) in [6.45, 7) is 2.09. The first kappa shape index (κ1) is 15.4. The summed E-state index contributed by atoms with van der Waals surface area (Å²) < 4.78 is 25.1. The summed E-state index contributed by atoms with van der Waals surface area (Å²) in [6, 6.07) is 3.81. The predicted octanol–water partition coefficient (Wildman–Crippen LogP) is 0.856. The summed E-state index contributed by atoms with van der Waals surface area (Å²) in [7, 11) is -3.24. The molecule has 2 aliphatic rings. The second kappa shape index (κ2) is 5.62. The van der Waals surface area contributed by atoms with E-state index in [1.165, 1.54) is 10.6 Å². The molecule has 0 radical (unpaired) electrons. The predicted molar refractivity (Wildman–Crippen MR) is 82.4 cm³/mol. The fourth-order valence-corrected chi connectivity index (χ4v) is 4.45. The lowest BCUT2D eigenvalue weighted by molar-refractivity contribution is -0.138. The number of sulfonamides is 1. The number of likely N-dealkylation sites (tertiary alicyclic amines) is 1. The van der Waals surface area contributed by atoms with Crippen molar-refractivity contribution < 1.29 is 13.2 Å². The molecule has 2 fully saturated rings. The highest BCUT2D eigenvalue weighted by Crippen LogP contribution is 2.41. The van der Waals surface area contributed by atoms with Crippen LogP contribution in [-0.2, 0) is 21.4 Å². The van der Waals surface area contributed by atoms with E-state index in [1.807, 2.05) is 17.0 Å². The van der Waals surface area contributed by atoms with Gasteiger partial charge in [-0.3, -0.25) is 9.78 Å². The molecule has 2 saturated heterocycles. The standard InChI is InChI=1S/C15H21N3O3S/c1-22(20,21)18-8-3-5-15(12-18)6-9-17(14(15)19)11-13-4-2-7-16-10-13/h2,4,7,10H,3,5-6,8-9,11-12H2,1H3/t15-/m0/s1. The van der Waals surface area contributed by atoms with Crippen molar-refractivity contribution in [2.75, 3.05) is 25.9 Å². The van der Waals surface area contributed by atoms with Gasteiger partial charge in [0.15, 0.2) is 0 Å². The average molecular weight is 323 g/mol. The van der Waals surface area contributed by atoms with E-state index in [4.69, 9.17) is 0 Å². The molecule has 6 nitrogen and oxygen atoms in total. The molecule has 0 saturated carbocycles. The van der Waals surface area contributed by atoms with Gasteiger partial charge in [0.2, 0.25) is 15.9 Å². The minimum absolute atomic E-state index is 0.0877. The Kier molecular flexibility index (Phi) is 3.94. The van der Waals surface area contributed by atoms with Crippen molar-refractivity contribution in [1.29, 1.82) is 0 Å². The third-order valence-electron chi connectivity index (χ3n) is 4.71. The Balaban J connectivity index is 1.75. The van der Waals surface area contributed by atoms with Crippen LogP contribution in [0.15, 0.2) is 24.5 Å². The number of aromatic nitrogens is 1. The largest absolute Gasteiger partial charge is 0.338 e. The molecule has 2 aliphatic heterocycles. The smallest absolute Gasteiger partial charge is 0.230 e. The van der Waals surface area contributed by atoms with E-state index in [0.717, 1.165) is 24.8 Å². The van der Waals surface area contributed by atoms with Crippen LogP contribution in [0.25, 0.3) is 0 Å². The quantitative estimate of drug-likeness (QED) is 0.827. The molecule has 0 aliphatic carbocycles. The molecule has 1 aromatic rings. The highest BCUT2D eigenvalue weighted by atomic mass is 32.2. The Labute approximate surface area is 131 Å². The van der Waals surface area contributed by atoms with Crippen molar-refractivity contribution in [1.82, 2.24) is 14.2 Å². The summed E-state index contributed by atoms with van der Waals surface area (Å²) in [4.78, 5) is 18.8. The third-order valence-corrected chi connectivity index (χ3v) is 5.96. The van der Waals surface area contributed by atoms with Crippen LogP contribution in [0, 0.1) is 5.41 Å². The molecule has 1 amide bonds. The summed E-state index contributed by atoms with van der Waals surface area (Å²) in [5.41, 5.74) is 0.479. The fraction of sp³-hybridized carbons (Fsp3) is 0.600. The Morgan fingerprint density at radius 3 is 2.82 bits per heavy atom. The maximum absolute atomic E-state index is 12.8. The van der Waals surface area contributed by atoms with Crippen LogP contribution in [-0.4, -0.2) is 54.4 Å². The lowest BCUT2D eigenvalue weighted by atomic mass is 9.79. The number of carbonyl (C=O) groups is 1. The van der Waals surface area contributed by atoms with Gasteiger partial charge in [-0.1, -0.05) is 6.07 Å². The first-order valence-corrected chi connectivity index (χ1v) is 9.39. The molecule has 1 aromatic heterocycles. The Morgan fingerprint density at radius 1 is 1.32 bits per heavy atom. The van der Waals surface area contributed by atoms with Crippen molar-refractivity contribution in [3.8, 4) is 0 Å². The second-order valence-electron chi connectivity index (χ2n) is 6.32. The zero-order valence-electron chi connectivity index (χ0n) is 12.7. The molecule has 3 heterocycles. The number of pyridine rings is 1. The first-order chi connectivity index (χ1) is 10.4. The molecule has 3 rings (SSSR count). The number of hydrogen-bond acceptors (Lipinski definition) is 4. The maximum Gasteiger partial charge on any atom is 0.230 e. The van der Waals surface area contributed by atoms with Gasteiger partial charge in [-0.05, 0) is 30.9 Å². The van der Waals surface area contributed by atoms with Crippen LogP contribution >= 0.6 is 0 Å². The van der Waals surface area contributed by atoms with Crippen molar-refractivity contribution in [3.05, 3.63) is 30.1 Å². The Morgan fingerprint density at radius 2 is 2.14 bits per heavy atom. The van der Waals surface area contributed by atoms with Crippen molar-refractivity contribution in [3.63, 3.8) is 0 Å². The number of nitrogens with zero attached hydrogens (tertiary/aromatic N) is 3.